The van der Waals surface area contributed by atoms with Crippen LogP contribution in [-0.4, -0.2) is 25.7 Å². The molecule has 0 fully saturated rings. The van der Waals surface area contributed by atoms with Crippen LogP contribution in [0.1, 0.15) is 24.5 Å². The van der Waals surface area contributed by atoms with Crippen LogP contribution in [0.5, 0.6) is 23.0 Å². The van der Waals surface area contributed by atoms with Gasteiger partial charge in [0.15, 0.2) is 0 Å². The summed E-state index contributed by atoms with van der Waals surface area (Å²) in [7, 11) is 1.60. The average Bonchev–Trinajstić information content (AvgIpc) is 3.43. The number of hydrogen-bond donors (Lipinski definition) is 0. The summed E-state index contributed by atoms with van der Waals surface area (Å²) in [6, 6.07) is 22.1. The summed E-state index contributed by atoms with van der Waals surface area (Å²) in [5.74, 6) is 1.56. The van der Waals surface area contributed by atoms with Crippen molar-refractivity contribution in [2.45, 2.75) is 13.3 Å². The molecule has 178 valence electrons. The molecule has 6 nitrogen and oxygen atoms in total. The normalized spacial score (nSPS) is 13.9. The zero-order chi connectivity index (χ0) is 24.8. The number of esters is 2. The Morgan fingerprint density at radius 1 is 0.639 bits per heavy atom. The maximum atomic E-state index is 12.9. The molecular weight excluding hydrogens is 456 g/mol. The standard InChI is InChI=1S/C30H22O6/c1-3-16-34-20-10-6-18(7-11-20)26-24-15-13-21-22(28(24)36-30(26)32)12-14-23-25(29(31)35-27(21)23)17-4-8-19(33-2)9-5-17/h4-15H,3,16H2,1-2H3. The monoisotopic (exact) mass is 478 g/mol. The summed E-state index contributed by atoms with van der Waals surface area (Å²) in [5.41, 5.74) is 2.49. The number of benzene rings is 4. The molecule has 2 aliphatic rings. The maximum Gasteiger partial charge on any atom is 0.344 e. The van der Waals surface area contributed by atoms with Gasteiger partial charge in [0.05, 0.1) is 24.9 Å². The molecular formula is C30H22O6. The van der Waals surface area contributed by atoms with E-state index in [0.717, 1.165) is 23.3 Å². The van der Waals surface area contributed by atoms with Crippen LogP contribution in [0.3, 0.4) is 0 Å². The maximum absolute atomic E-state index is 12.9. The first-order valence-electron chi connectivity index (χ1n) is 11.8. The van der Waals surface area contributed by atoms with Crippen molar-refractivity contribution in [3.63, 3.8) is 0 Å². The second-order valence-electron chi connectivity index (χ2n) is 8.61. The number of fused-ring (bicyclic) bond motifs is 5. The van der Waals surface area contributed by atoms with Crippen LogP contribution < -0.4 is 29.4 Å². The molecule has 4 aromatic carbocycles. The van der Waals surface area contributed by atoms with E-state index >= 15 is 0 Å². The zero-order valence-corrected chi connectivity index (χ0v) is 19.8. The number of hydrogen-bond acceptors (Lipinski definition) is 6. The lowest BCUT2D eigenvalue weighted by Gasteiger charge is -2.05. The molecule has 0 bridgehead atoms. The third-order valence-corrected chi connectivity index (χ3v) is 6.43. The third-order valence-electron chi connectivity index (χ3n) is 6.43. The molecule has 0 atom stereocenters. The van der Waals surface area contributed by atoms with Crippen molar-refractivity contribution in [2.75, 3.05) is 13.7 Å². The van der Waals surface area contributed by atoms with Gasteiger partial charge >= 0.3 is 11.9 Å². The van der Waals surface area contributed by atoms with Crippen LogP contribution in [-0.2, 0) is 9.59 Å². The van der Waals surface area contributed by atoms with Gasteiger partial charge in [0.25, 0.3) is 0 Å². The fourth-order valence-corrected chi connectivity index (χ4v) is 4.71. The van der Waals surface area contributed by atoms with E-state index in [1.807, 2.05) is 67.6 Å². The summed E-state index contributed by atoms with van der Waals surface area (Å²) in [4.78, 5) is 25.8. The lowest BCUT2D eigenvalue weighted by Crippen LogP contribution is -2.07. The molecule has 6 heteroatoms. The van der Waals surface area contributed by atoms with Gasteiger partial charge in [0, 0.05) is 21.2 Å². The molecule has 0 spiro atoms. The van der Waals surface area contributed by atoms with Gasteiger partial charge in [-0.15, -0.1) is 0 Å². The highest BCUT2D eigenvalue weighted by atomic mass is 16.5. The molecule has 36 heavy (non-hydrogen) atoms. The predicted octanol–water partition coefficient (Wildman–Crippen LogP) is 3.87. The van der Waals surface area contributed by atoms with Crippen LogP contribution in [0, 0.1) is 0 Å². The molecule has 0 saturated heterocycles. The lowest BCUT2D eigenvalue weighted by atomic mass is 9.99. The Hall–Kier alpha value is -4.58. The molecule has 0 radical (unpaired) electrons. The van der Waals surface area contributed by atoms with Gasteiger partial charge in [-0.2, -0.15) is 0 Å². The number of methoxy groups -OCH3 is 1. The Morgan fingerprint density at radius 3 is 1.56 bits per heavy atom. The van der Waals surface area contributed by atoms with E-state index in [1.54, 1.807) is 19.2 Å². The van der Waals surface area contributed by atoms with E-state index in [-0.39, 0.29) is 0 Å². The summed E-state index contributed by atoms with van der Waals surface area (Å²) in [6.45, 7) is 2.69. The lowest BCUT2D eigenvalue weighted by molar-refractivity contribution is -0.128. The number of carbonyl (C=O) groups excluding carboxylic acids is 2. The van der Waals surface area contributed by atoms with E-state index < -0.39 is 11.9 Å². The number of ether oxygens (including phenoxy) is 4. The molecule has 6 rings (SSSR count). The largest absolute Gasteiger partial charge is 0.497 e. The van der Waals surface area contributed by atoms with Crippen molar-refractivity contribution in [1.29, 1.82) is 0 Å². The SMILES string of the molecule is CCCOc1ccc(C2=c3ccc4c5c(ccc4c3OC2=O)=C(c2ccc(OC)cc2)C(=O)O5)cc1. The summed E-state index contributed by atoms with van der Waals surface area (Å²) in [6.07, 6.45) is 0.921. The van der Waals surface area contributed by atoms with Crippen molar-refractivity contribution in [1.82, 2.24) is 0 Å². The minimum atomic E-state index is -0.419. The van der Waals surface area contributed by atoms with Crippen LogP contribution in [0.25, 0.3) is 21.9 Å². The second kappa shape index (κ2) is 8.57. The van der Waals surface area contributed by atoms with E-state index in [2.05, 4.69) is 0 Å². The van der Waals surface area contributed by atoms with Crippen LogP contribution in [0.4, 0.5) is 0 Å². The fourth-order valence-electron chi connectivity index (χ4n) is 4.71. The molecule has 2 heterocycles. The Morgan fingerprint density at radius 2 is 1.11 bits per heavy atom. The smallest absolute Gasteiger partial charge is 0.344 e. The highest BCUT2D eigenvalue weighted by molar-refractivity contribution is 6.23. The van der Waals surface area contributed by atoms with Gasteiger partial charge in [-0.3, -0.25) is 0 Å². The van der Waals surface area contributed by atoms with Gasteiger partial charge in [0.2, 0.25) is 0 Å². The van der Waals surface area contributed by atoms with Crippen molar-refractivity contribution in [3.05, 3.63) is 94.4 Å². The fraction of sp³-hybridized carbons (Fsp3) is 0.133. The van der Waals surface area contributed by atoms with Crippen LogP contribution >= 0.6 is 0 Å². The second-order valence-corrected chi connectivity index (χ2v) is 8.61. The third kappa shape index (κ3) is 3.41. The summed E-state index contributed by atoms with van der Waals surface area (Å²) < 4.78 is 22.3. The number of carbonyl (C=O) groups is 2. The van der Waals surface area contributed by atoms with Crippen LogP contribution in [0.15, 0.2) is 72.8 Å². The van der Waals surface area contributed by atoms with Crippen molar-refractivity contribution in [3.8, 4) is 23.0 Å². The molecule has 0 aromatic heterocycles. The minimum Gasteiger partial charge on any atom is -0.497 e. The molecule has 0 amide bonds. The first-order valence-corrected chi connectivity index (χ1v) is 11.8. The summed E-state index contributed by atoms with van der Waals surface area (Å²) >= 11 is 0. The zero-order valence-electron chi connectivity index (χ0n) is 19.8. The molecule has 0 N–H and O–H groups in total. The first kappa shape index (κ1) is 21.9. The topological polar surface area (TPSA) is 71.1 Å². The Kier molecular flexibility index (Phi) is 5.22. The molecule has 0 saturated carbocycles. The van der Waals surface area contributed by atoms with E-state index in [9.17, 15) is 9.59 Å². The van der Waals surface area contributed by atoms with Crippen LogP contribution in [0.2, 0.25) is 0 Å². The van der Waals surface area contributed by atoms with Gasteiger partial charge in [-0.05, 0) is 66.1 Å². The van der Waals surface area contributed by atoms with Gasteiger partial charge in [0.1, 0.15) is 23.0 Å². The Labute approximate surface area is 207 Å². The van der Waals surface area contributed by atoms with Crippen molar-refractivity contribution < 1.29 is 28.5 Å². The Bertz CT molecular complexity index is 1660. The van der Waals surface area contributed by atoms with Gasteiger partial charge in [-0.1, -0.05) is 31.2 Å². The van der Waals surface area contributed by atoms with Gasteiger partial charge in [-0.25, -0.2) is 9.59 Å². The molecule has 0 unspecified atom stereocenters. The highest BCUT2D eigenvalue weighted by Gasteiger charge is 2.30. The minimum absolute atomic E-state index is 0.414. The quantitative estimate of drug-likeness (QED) is 0.310. The van der Waals surface area contributed by atoms with Crippen molar-refractivity contribution in [2.24, 2.45) is 0 Å². The summed E-state index contributed by atoms with van der Waals surface area (Å²) in [5, 5.41) is 2.83. The number of rotatable bonds is 6. The van der Waals surface area contributed by atoms with Gasteiger partial charge < -0.3 is 18.9 Å². The molecule has 2 aliphatic heterocycles. The molecule has 4 aromatic rings. The van der Waals surface area contributed by atoms with E-state index in [1.165, 1.54) is 0 Å². The predicted molar refractivity (Wildman–Crippen MR) is 135 cm³/mol. The molecule has 0 aliphatic carbocycles. The Balaban J connectivity index is 1.49. The average molecular weight is 479 g/mol. The highest BCUT2D eigenvalue weighted by Crippen LogP contribution is 2.35. The first-order chi connectivity index (χ1) is 17.6. The van der Waals surface area contributed by atoms with E-state index in [4.69, 9.17) is 18.9 Å². The van der Waals surface area contributed by atoms with E-state index in [0.29, 0.717) is 56.2 Å². The van der Waals surface area contributed by atoms with Crippen molar-refractivity contribution >= 4 is 33.9 Å².